The summed E-state index contributed by atoms with van der Waals surface area (Å²) < 4.78 is 42.8. The lowest BCUT2D eigenvalue weighted by Gasteiger charge is -2.10. The van der Waals surface area contributed by atoms with E-state index in [1.807, 2.05) is 24.4 Å². The molecule has 4 rings (SSSR count). The molecule has 0 bridgehead atoms. The predicted octanol–water partition coefficient (Wildman–Crippen LogP) is 7.05. The lowest BCUT2D eigenvalue weighted by molar-refractivity contribution is 0.572. The molecule has 0 atom stereocenters. The van der Waals surface area contributed by atoms with Crippen LogP contribution in [0.1, 0.15) is 46.9 Å². The molecule has 0 fully saturated rings. The van der Waals surface area contributed by atoms with Crippen LogP contribution in [0, 0.1) is 28.8 Å². The minimum absolute atomic E-state index is 0.268. The number of halogens is 3. The fourth-order valence-corrected chi connectivity index (χ4v) is 4.20. The highest BCUT2D eigenvalue weighted by Crippen LogP contribution is 2.25. The zero-order valence-electron chi connectivity index (χ0n) is 19.0. The second-order valence-corrected chi connectivity index (χ2v) is 8.55. The van der Waals surface area contributed by atoms with Crippen LogP contribution >= 0.6 is 0 Å². The quantitative estimate of drug-likeness (QED) is 0.284. The van der Waals surface area contributed by atoms with E-state index in [0.29, 0.717) is 22.9 Å². The molecule has 0 saturated carbocycles. The van der Waals surface area contributed by atoms with Crippen molar-refractivity contribution in [2.75, 3.05) is 0 Å². The van der Waals surface area contributed by atoms with Gasteiger partial charge in [-0.2, -0.15) is 5.26 Å². The van der Waals surface area contributed by atoms with Gasteiger partial charge in [0.25, 0.3) is 0 Å². The van der Waals surface area contributed by atoms with Gasteiger partial charge >= 0.3 is 0 Å². The molecule has 0 N–H and O–H groups in total. The van der Waals surface area contributed by atoms with E-state index >= 15 is 4.39 Å². The van der Waals surface area contributed by atoms with Crippen LogP contribution in [0.15, 0.2) is 60.8 Å². The van der Waals surface area contributed by atoms with Gasteiger partial charge in [0, 0.05) is 17.3 Å². The van der Waals surface area contributed by atoms with Gasteiger partial charge in [-0.05, 0) is 77.9 Å². The van der Waals surface area contributed by atoms with Crippen LogP contribution in [0.4, 0.5) is 13.2 Å². The molecule has 2 nitrogen and oxygen atoms in total. The summed E-state index contributed by atoms with van der Waals surface area (Å²) in [6.45, 7) is 2.15. The first-order valence-electron chi connectivity index (χ1n) is 11.5. The number of pyridine rings is 1. The molecule has 0 unspecified atom stereocenters. The molecular formula is C29H25F3N2. The topological polar surface area (TPSA) is 36.7 Å². The summed E-state index contributed by atoms with van der Waals surface area (Å²) in [7, 11) is 0. The molecule has 0 spiro atoms. The van der Waals surface area contributed by atoms with Gasteiger partial charge in [0.1, 0.15) is 29.1 Å². The van der Waals surface area contributed by atoms with Crippen molar-refractivity contribution in [3.63, 3.8) is 0 Å². The number of hydrogen-bond donors (Lipinski definition) is 0. The summed E-state index contributed by atoms with van der Waals surface area (Å²) in [5, 5.41) is 10.1. The van der Waals surface area contributed by atoms with Gasteiger partial charge in [0.15, 0.2) is 0 Å². The maximum Gasteiger partial charge on any atom is 0.144 e. The fraction of sp³-hybridized carbons (Fsp3) is 0.241. The molecule has 4 aromatic rings. The first kappa shape index (κ1) is 23.5. The average Bonchev–Trinajstić information content (AvgIpc) is 2.83. The van der Waals surface area contributed by atoms with E-state index in [1.165, 1.54) is 11.6 Å². The monoisotopic (exact) mass is 458 g/mol. The van der Waals surface area contributed by atoms with Crippen LogP contribution in [0.25, 0.3) is 10.8 Å². The standard InChI is InChI=1S/C29H25F3N2/c1-2-3-20-6-12-24(34-18-20)11-5-19-7-13-25-23(14-19)10-9-22(29(25)32)8-4-21-15-27(30)26(17-33)28(31)16-21/h6-7,9-10,12-16,18H,2-5,8,11H2,1H3. The Morgan fingerprint density at radius 3 is 2.18 bits per heavy atom. The normalized spacial score (nSPS) is 11.0. The third-order valence-electron chi connectivity index (χ3n) is 6.09. The second-order valence-electron chi connectivity index (χ2n) is 8.55. The first-order valence-corrected chi connectivity index (χ1v) is 11.5. The summed E-state index contributed by atoms with van der Waals surface area (Å²) >= 11 is 0. The molecule has 3 aromatic carbocycles. The number of hydrogen-bond acceptors (Lipinski definition) is 2. The van der Waals surface area contributed by atoms with Gasteiger partial charge in [-0.25, -0.2) is 13.2 Å². The van der Waals surface area contributed by atoms with E-state index in [-0.39, 0.29) is 12.2 Å². The number of aryl methyl sites for hydroxylation is 5. The Bertz CT molecular complexity index is 1330. The maximum absolute atomic E-state index is 15.1. The summed E-state index contributed by atoms with van der Waals surface area (Å²) in [5.74, 6) is -2.10. The smallest absolute Gasteiger partial charge is 0.144 e. The van der Waals surface area contributed by atoms with E-state index in [4.69, 9.17) is 5.26 Å². The molecule has 0 aliphatic rings. The SMILES string of the molecule is CCCc1ccc(CCc2ccc3c(F)c(CCc4cc(F)c(C#N)c(F)c4)ccc3c2)nc1. The third kappa shape index (κ3) is 5.28. The number of benzene rings is 3. The van der Waals surface area contributed by atoms with Gasteiger partial charge in [0.2, 0.25) is 0 Å². The number of fused-ring (bicyclic) bond motifs is 1. The molecule has 0 radical (unpaired) electrons. The van der Waals surface area contributed by atoms with Crippen molar-refractivity contribution in [1.82, 2.24) is 4.98 Å². The molecular weight excluding hydrogens is 433 g/mol. The van der Waals surface area contributed by atoms with E-state index in [0.717, 1.165) is 54.5 Å². The largest absolute Gasteiger partial charge is 0.261 e. The van der Waals surface area contributed by atoms with Crippen LogP contribution in [0.5, 0.6) is 0 Å². The number of rotatable bonds is 8. The zero-order valence-corrected chi connectivity index (χ0v) is 19.0. The molecule has 0 saturated heterocycles. The highest BCUT2D eigenvalue weighted by molar-refractivity contribution is 5.84. The lowest BCUT2D eigenvalue weighted by atomic mass is 9.97. The van der Waals surface area contributed by atoms with E-state index < -0.39 is 17.2 Å². The zero-order chi connectivity index (χ0) is 24.1. The first-order chi connectivity index (χ1) is 16.5. The molecule has 1 aromatic heterocycles. The Labute approximate surface area is 197 Å². The Morgan fingerprint density at radius 2 is 1.50 bits per heavy atom. The van der Waals surface area contributed by atoms with Crippen LogP contribution in [0.3, 0.4) is 0 Å². The Morgan fingerprint density at radius 1 is 0.765 bits per heavy atom. The van der Waals surface area contributed by atoms with E-state index in [2.05, 4.69) is 24.0 Å². The number of nitrogens with zero attached hydrogens (tertiary/aromatic N) is 2. The highest BCUT2D eigenvalue weighted by atomic mass is 19.1. The van der Waals surface area contributed by atoms with E-state index in [9.17, 15) is 8.78 Å². The second kappa shape index (κ2) is 10.5. The van der Waals surface area contributed by atoms with Gasteiger partial charge in [-0.15, -0.1) is 0 Å². The molecule has 0 aliphatic heterocycles. The van der Waals surface area contributed by atoms with Crippen molar-refractivity contribution in [3.8, 4) is 6.07 Å². The third-order valence-corrected chi connectivity index (χ3v) is 6.09. The van der Waals surface area contributed by atoms with Crippen molar-refractivity contribution < 1.29 is 13.2 Å². The summed E-state index contributed by atoms with van der Waals surface area (Å²) in [5.41, 5.74) is 3.68. The molecule has 0 amide bonds. The predicted molar refractivity (Wildman–Crippen MR) is 128 cm³/mol. The van der Waals surface area contributed by atoms with Crippen molar-refractivity contribution in [2.24, 2.45) is 0 Å². The minimum atomic E-state index is -0.892. The number of nitriles is 1. The van der Waals surface area contributed by atoms with Gasteiger partial charge < -0.3 is 0 Å². The fourth-order valence-electron chi connectivity index (χ4n) is 4.20. The van der Waals surface area contributed by atoms with E-state index in [1.54, 1.807) is 12.1 Å². The summed E-state index contributed by atoms with van der Waals surface area (Å²) in [6, 6.07) is 17.3. The maximum atomic E-state index is 15.1. The molecule has 5 heteroatoms. The van der Waals surface area contributed by atoms with Crippen LogP contribution in [-0.2, 0) is 32.1 Å². The van der Waals surface area contributed by atoms with Gasteiger partial charge in [-0.1, -0.05) is 49.7 Å². The Kier molecular flexibility index (Phi) is 7.27. The van der Waals surface area contributed by atoms with Crippen molar-refractivity contribution in [2.45, 2.75) is 45.4 Å². The molecule has 34 heavy (non-hydrogen) atoms. The van der Waals surface area contributed by atoms with Crippen molar-refractivity contribution in [3.05, 3.63) is 112 Å². The Balaban J connectivity index is 1.45. The van der Waals surface area contributed by atoms with Crippen LogP contribution in [-0.4, -0.2) is 4.98 Å². The van der Waals surface area contributed by atoms with Crippen LogP contribution < -0.4 is 0 Å². The summed E-state index contributed by atoms with van der Waals surface area (Å²) in [6.07, 6.45) is 6.27. The highest BCUT2D eigenvalue weighted by Gasteiger charge is 2.13. The van der Waals surface area contributed by atoms with Crippen LogP contribution in [0.2, 0.25) is 0 Å². The molecule has 1 heterocycles. The van der Waals surface area contributed by atoms with Crippen molar-refractivity contribution >= 4 is 10.8 Å². The summed E-state index contributed by atoms with van der Waals surface area (Å²) in [4.78, 5) is 4.54. The lowest BCUT2D eigenvalue weighted by Crippen LogP contribution is -2.00. The average molecular weight is 459 g/mol. The molecule has 0 aliphatic carbocycles. The minimum Gasteiger partial charge on any atom is -0.261 e. The Hall–Kier alpha value is -3.65. The van der Waals surface area contributed by atoms with Gasteiger partial charge in [-0.3, -0.25) is 4.98 Å². The number of aromatic nitrogens is 1. The van der Waals surface area contributed by atoms with Crippen molar-refractivity contribution in [1.29, 1.82) is 5.26 Å². The van der Waals surface area contributed by atoms with Gasteiger partial charge in [0.05, 0.1) is 0 Å². The molecule has 172 valence electrons.